The summed E-state index contributed by atoms with van der Waals surface area (Å²) in [6, 6.07) is -0.134. The lowest BCUT2D eigenvalue weighted by Crippen LogP contribution is -2.51. The van der Waals surface area contributed by atoms with E-state index in [1.807, 2.05) is 41.7 Å². The second kappa shape index (κ2) is 7.99. The molecular formula is C17H33N3O3. The molecule has 0 bridgehead atoms. The molecule has 134 valence electrons. The second-order valence-electron chi connectivity index (χ2n) is 7.87. The Kier molecular flexibility index (Phi) is 6.86. The van der Waals surface area contributed by atoms with Crippen molar-refractivity contribution in [1.29, 1.82) is 0 Å². The topological polar surface area (TPSA) is 84.7 Å². The van der Waals surface area contributed by atoms with Gasteiger partial charge in [-0.3, -0.25) is 4.79 Å². The molecule has 23 heavy (non-hydrogen) atoms. The maximum Gasteiger partial charge on any atom is 0.407 e. The van der Waals surface area contributed by atoms with Gasteiger partial charge in [0.25, 0.3) is 0 Å². The van der Waals surface area contributed by atoms with Gasteiger partial charge in [0.1, 0.15) is 5.60 Å². The van der Waals surface area contributed by atoms with Crippen LogP contribution in [0.2, 0.25) is 0 Å². The van der Waals surface area contributed by atoms with Crippen molar-refractivity contribution in [3.05, 3.63) is 0 Å². The molecule has 6 nitrogen and oxygen atoms in total. The van der Waals surface area contributed by atoms with Crippen LogP contribution in [0.4, 0.5) is 4.79 Å². The number of rotatable bonds is 4. The van der Waals surface area contributed by atoms with Crippen LogP contribution in [0.25, 0.3) is 0 Å². The van der Waals surface area contributed by atoms with Gasteiger partial charge in [0, 0.05) is 19.1 Å². The molecule has 6 heteroatoms. The van der Waals surface area contributed by atoms with E-state index >= 15 is 0 Å². The van der Waals surface area contributed by atoms with E-state index in [1.165, 1.54) is 0 Å². The van der Waals surface area contributed by atoms with E-state index in [9.17, 15) is 9.59 Å². The summed E-state index contributed by atoms with van der Waals surface area (Å²) in [6.45, 7) is 9.46. The van der Waals surface area contributed by atoms with Gasteiger partial charge in [-0.1, -0.05) is 13.8 Å². The Morgan fingerprint density at radius 1 is 1.17 bits per heavy atom. The Balaban J connectivity index is 2.43. The lowest BCUT2D eigenvalue weighted by atomic mass is 9.89. The highest BCUT2D eigenvalue weighted by molar-refractivity contribution is 5.82. The standard InChI is InChI=1S/C17H33N3O3/c1-11(2)14(18)15(21)20(6)13-9-7-12(8-10-13)19-16(22)23-17(3,4)5/h11-14H,7-10,18H2,1-6H3,(H,19,22). The SMILES string of the molecule is CC(C)C(N)C(=O)N(C)C1CCC(NC(=O)OC(C)(C)C)CC1. The van der Waals surface area contributed by atoms with Crippen LogP contribution in [0, 0.1) is 5.92 Å². The number of nitrogens with zero attached hydrogens (tertiary/aromatic N) is 1. The molecule has 1 saturated carbocycles. The number of hydrogen-bond donors (Lipinski definition) is 2. The Labute approximate surface area is 140 Å². The second-order valence-corrected chi connectivity index (χ2v) is 7.87. The first-order valence-electron chi connectivity index (χ1n) is 8.53. The number of alkyl carbamates (subject to hydrolysis) is 1. The van der Waals surface area contributed by atoms with Gasteiger partial charge in [0.05, 0.1) is 6.04 Å². The van der Waals surface area contributed by atoms with Gasteiger partial charge in [-0.25, -0.2) is 4.79 Å². The number of nitrogens with one attached hydrogen (secondary N) is 1. The van der Waals surface area contributed by atoms with Crippen LogP contribution in [0.5, 0.6) is 0 Å². The van der Waals surface area contributed by atoms with E-state index in [0.29, 0.717) is 0 Å². The lowest BCUT2D eigenvalue weighted by molar-refractivity contribution is -0.135. The van der Waals surface area contributed by atoms with Crippen molar-refractivity contribution in [2.75, 3.05) is 7.05 Å². The van der Waals surface area contributed by atoms with Crippen LogP contribution in [-0.4, -0.2) is 47.7 Å². The fourth-order valence-electron chi connectivity index (χ4n) is 2.78. The molecule has 0 aromatic rings. The molecule has 0 spiro atoms. The normalized spacial score (nSPS) is 23.3. The van der Waals surface area contributed by atoms with Gasteiger partial charge in [-0.05, 0) is 52.4 Å². The van der Waals surface area contributed by atoms with Crippen molar-refractivity contribution in [2.24, 2.45) is 11.7 Å². The fourth-order valence-corrected chi connectivity index (χ4v) is 2.78. The largest absolute Gasteiger partial charge is 0.444 e. The zero-order valence-electron chi connectivity index (χ0n) is 15.4. The number of ether oxygens (including phenoxy) is 1. The predicted octanol–water partition coefficient (Wildman–Crippen LogP) is 2.26. The summed E-state index contributed by atoms with van der Waals surface area (Å²) >= 11 is 0. The number of nitrogens with two attached hydrogens (primary N) is 1. The first-order valence-corrected chi connectivity index (χ1v) is 8.53. The van der Waals surface area contributed by atoms with Crippen molar-refractivity contribution in [1.82, 2.24) is 10.2 Å². The first kappa shape index (κ1) is 19.7. The number of amides is 2. The Morgan fingerprint density at radius 2 is 1.70 bits per heavy atom. The summed E-state index contributed by atoms with van der Waals surface area (Å²) in [5.41, 5.74) is 5.47. The molecular weight excluding hydrogens is 294 g/mol. The molecule has 2 amide bonds. The fraction of sp³-hybridized carbons (Fsp3) is 0.882. The molecule has 1 aliphatic carbocycles. The van der Waals surface area contributed by atoms with Gasteiger partial charge in [-0.15, -0.1) is 0 Å². The summed E-state index contributed by atoms with van der Waals surface area (Å²) in [6.07, 6.45) is 3.06. The molecule has 1 rings (SSSR count). The van der Waals surface area contributed by atoms with Crippen LogP contribution >= 0.6 is 0 Å². The van der Waals surface area contributed by atoms with Gasteiger partial charge in [0.2, 0.25) is 5.91 Å². The van der Waals surface area contributed by atoms with Crippen LogP contribution in [0.1, 0.15) is 60.3 Å². The van der Waals surface area contributed by atoms with Crippen molar-refractivity contribution < 1.29 is 14.3 Å². The van der Waals surface area contributed by atoms with Gasteiger partial charge in [0.15, 0.2) is 0 Å². The molecule has 0 aromatic carbocycles. The third-order valence-corrected chi connectivity index (χ3v) is 4.32. The first-order chi connectivity index (χ1) is 10.5. The zero-order valence-corrected chi connectivity index (χ0v) is 15.4. The number of likely N-dealkylation sites (N-methyl/N-ethyl adjacent to an activating group) is 1. The molecule has 1 aliphatic rings. The number of hydrogen-bond acceptors (Lipinski definition) is 4. The quantitative estimate of drug-likeness (QED) is 0.829. The van der Waals surface area contributed by atoms with Crippen LogP contribution in [0.3, 0.4) is 0 Å². The Hall–Kier alpha value is -1.30. The van der Waals surface area contributed by atoms with E-state index in [4.69, 9.17) is 10.5 Å². The molecule has 3 N–H and O–H groups in total. The molecule has 1 atom stereocenters. The van der Waals surface area contributed by atoms with E-state index < -0.39 is 11.6 Å². The minimum absolute atomic E-state index is 0.00329. The van der Waals surface area contributed by atoms with Crippen LogP contribution in [-0.2, 0) is 9.53 Å². The number of carbonyl (C=O) groups is 2. The monoisotopic (exact) mass is 327 g/mol. The summed E-state index contributed by atoms with van der Waals surface area (Å²) in [5.74, 6) is 0.138. The average molecular weight is 327 g/mol. The smallest absolute Gasteiger partial charge is 0.407 e. The van der Waals surface area contributed by atoms with Crippen LogP contribution in [0.15, 0.2) is 0 Å². The maximum absolute atomic E-state index is 12.3. The Bertz CT molecular complexity index is 410. The minimum atomic E-state index is -0.485. The highest BCUT2D eigenvalue weighted by Crippen LogP contribution is 2.23. The van der Waals surface area contributed by atoms with Crippen molar-refractivity contribution in [2.45, 2.75) is 84.0 Å². The zero-order chi connectivity index (χ0) is 17.8. The van der Waals surface area contributed by atoms with Gasteiger partial charge < -0.3 is 20.7 Å². The molecule has 0 aromatic heterocycles. The summed E-state index contributed by atoms with van der Waals surface area (Å²) in [7, 11) is 1.83. The maximum atomic E-state index is 12.3. The summed E-state index contributed by atoms with van der Waals surface area (Å²) in [5, 5.41) is 2.92. The Morgan fingerprint density at radius 3 is 2.13 bits per heavy atom. The molecule has 1 fully saturated rings. The third-order valence-electron chi connectivity index (χ3n) is 4.32. The molecule has 0 heterocycles. The van der Waals surface area contributed by atoms with Crippen molar-refractivity contribution >= 4 is 12.0 Å². The van der Waals surface area contributed by atoms with E-state index in [2.05, 4.69) is 5.32 Å². The molecule has 0 radical (unpaired) electrons. The third kappa shape index (κ3) is 6.37. The van der Waals surface area contributed by atoms with Crippen LogP contribution < -0.4 is 11.1 Å². The van der Waals surface area contributed by atoms with E-state index in [0.717, 1.165) is 25.7 Å². The van der Waals surface area contributed by atoms with E-state index in [1.54, 1.807) is 4.90 Å². The minimum Gasteiger partial charge on any atom is -0.444 e. The lowest BCUT2D eigenvalue weighted by Gasteiger charge is -2.36. The molecule has 1 unspecified atom stereocenters. The highest BCUT2D eigenvalue weighted by atomic mass is 16.6. The summed E-state index contributed by atoms with van der Waals surface area (Å²) < 4.78 is 5.28. The number of carbonyl (C=O) groups excluding carboxylic acids is 2. The van der Waals surface area contributed by atoms with Crippen molar-refractivity contribution in [3.8, 4) is 0 Å². The van der Waals surface area contributed by atoms with Crippen molar-refractivity contribution in [3.63, 3.8) is 0 Å². The average Bonchev–Trinajstić information content (AvgIpc) is 2.43. The van der Waals surface area contributed by atoms with Gasteiger partial charge >= 0.3 is 6.09 Å². The molecule has 0 aliphatic heterocycles. The van der Waals surface area contributed by atoms with E-state index in [-0.39, 0.29) is 30.0 Å². The summed E-state index contributed by atoms with van der Waals surface area (Å²) in [4.78, 5) is 25.9. The predicted molar refractivity (Wildman–Crippen MR) is 91.0 cm³/mol. The highest BCUT2D eigenvalue weighted by Gasteiger charge is 2.30. The molecule has 0 saturated heterocycles. The van der Waals surface area contributed by atoms with Gasteiger partial charge in [-0.2, -0.15) is 0 Å².